The molecule has 0 saturated carbocycles. The van der Waals surface area contributed by atoms with Gasteiger partial charge in [0.25, 0.3) is 5.91 Å². The van der Waals surface area contributed by atoms with Gasteiger partial charge in [-0.15, -0.1) is 0 Å². The Labute approximate surface area is 116 Å². The molecule has 5 heteroatoms. The number of nitrogens with one attached hydrogen (secondary N) is 1. The van der Waals surface area contributed by atoms with Crippen LogP contribution in [-0.2, 0) is 9.59 Å². The molecule has 1 N–H and O–H groups in total. The van der Waals surface area contributed by atoms with Crippen LogP contribution in [0.1, 0.15) is 12.8 Å². The summed E-state index contributed by atoms with van der Waals surface area (Å²) in [6.07, 6.45) is 0.893. The Morgan fingerprint density at radius 2 is 2.00 bits per heavy atom. The zero-order valence-corrected chi connectivity index (χ0v) is 11.2. The van der Waals surface area contributed by atoms with E-state index in [0.29, 0.717) is 18.7 Å². The Hall–Kier alpha value is -2.43. The number of fused-ring (bicyclic) bond motifs is 1. The number of nitrogens with zero attached hydrogens (tertiary/aromatic N) is 2. The smallest absolute Gasteiger partial charge is 0.251 e. The van der Waals surface area contributed by atoms with Crippen molar-refractivity contribution in [2.75, 3.05) is 12.4 Å². The predicted molar refractivity (Wildman–Crippen MR) is 76.2 cm³/mol. The van der Waals surface area contributed by atoms with Crippen LogP contribution >= 0.6 is 0 Å². The van der Waals surface area contributed by atoms with Gasteiger partial charge in [0.2, 0.25) is 5.91 Å². The molecule has 1 aromatic heterocycles. The highest BCUT2D eigenvalue weighted by Gasteiger charge is 2.31. The van der Waals surface area contributed by atoms with Crippen molar-refractivity contribution >= 4 is 28.5 Å². The third-order valence-electron chi connectivity index (χ3n) is 3.57. The van der Waals surface area contributed by atoms with E-state index in [0.717, 1.165) is 10.9 Å². The van der Waals surface area contributed by atoms with E-state index in [9.17, 15) is 9.59 Å². The van der Waals surface area contributed by atoms with Crippen molar-refractivity contribution < 1.29 is 9.59 Å². The van der Waals surface area contributed by atoms with Crippen LogP contribution in [0.5, 0.6) is 0 Å². The molecule has 2 aromatic rings. The second-order valence-electron chi connectivity index (χ2n) is 4.92. The van der Waals surface area contributed by atoms with Crippen LogP contribution < -0.4 is 5.32 Å². The van der Waals surface area contributed by atoms with E-state index in [1.807, 2.05) is 36.4 Å². The number of hydrogen-bond acceptors (Lipinski definition) is 4. The quantitative estimate of drug-likeness (QED) is 0.844. The Morgan fingerprint density at radius 1 is 1.20 bits per heavy atom. The van der Waals surface area contributed by atoms with Crippen LogP contribution in [0.15, 0.2) is 36.4 Å². The minimum absolute atomic E-state index is 0.125. The average molecular weight is 269 g/mol. The summed E-state index contributed by atoms with van der Waals surface area (Å²) in [6.45, 7) is 0. The molecule has 3 rings (SSSR count). The molecule has 102 valence electrons. The molecule has 5 nitrogen and oxygen atoms in total. The van der Waals surface area contributed by atoms with E-state index < -0.39 is 0 Å². The Morgan fingerprint density at radius 3 is 2.85 bits per heavy atom. The van der Waals surface area contributed by atoms with Crippen LogP contribution in [0.25, 0.3) is 10.9 Å². The van der Waals surface area contributed by atoms with Gasteiger partial charge in [-0.1, -0.05) is 18.2 Å². The minimum atomic E-state index is -0.383. The van der Waals surface area contributed by atoms with Crippen molar-refractivity contribution in [3.8, 4) is 0 Å². The fourth-order valence-corrected chi connectivity index (χ4v) is 2.37. The van der Waals surface area contributed by atoms with Gasteiger partial charge in [-0.3, -0.25) is 14.5 Å². The molecule has 1 unspecified atom stereocenters. The lowest BCUT2D eigenvalue weighted by Gasteiger charge is -2.28. The molecule has 2 amide bonds. The maximum absolute atomic E-state index is 12.0. The van der Waals surface area contributed by atoms with Crippen molar-refractivity contribution in [1.29, 1.82) is 0 Å². The fraction of sp³-hybridized carbons (Fsp3) is 0.267. The van der Waals surface area contributed by atoms with E-state index in [2.05, 4.69) is 10.3 Å². The summed E-state index contributed by atoms with van der Waals surface area (Å²) < 4.78 is 0. The van der Waals surface area contributed by atoms with Crippen molar-refractivity contribution in [3.63, 3.8) is 0 Å². The number of hydrogen-bond donors (Lipinski definition) is 1. The second kappa shape index (κ2) is 4.92. The fourth-order valence-electron chi connectivity index (χ4n) is 2.37. The molecule has 2 heterocycles. The molecule has 1 aromatic carbocycles. The van der Waals surface area contributed by atoms with Crippen LogP contribution in [0.4, 0.5) is 5.82 Å². The van der Waals surface area contributed by atoms with Crippen LogP contribution in [0.3, 0.4) is 0 Å². The molecule has 0 spiro atoms. The maximum Gasteiger partial charge on any atom is 0.251 e. The predicted octanol–water partition coefficient (Wildman–Crippen LogP) is 1.79. The number of carbonyl (C=O) groups excluding carboxylic acids is 2. The molecular weight excluding hydrogens is 254 g/mol. The van der Waals surface area contributed by atoms with E-state index >= 15 is 0 Å². The van der Waals surface area contributed by atoms with Crippen molar-refractivity contribution in [1.82, 2.24) is 9.88 Å². The van der Waals surface area contributed by atoms with Gasteiger partial charge in [-0.05, 0) is 24.6 Å². The summed E-state index contributed by atoms with van der Waals surface area (Å²) in [7, 11) is 1.52. The van der Waals surface area contributed by atoms with Gasteiger partial charge in [0.15, 0.2) is 0 Å². The zero-order chi connectivity index (χ0) is 14.1. The number of rotatable bonds is 2. The first-order chi connectivity index (χ1) is 9.65. The third-order valence-corrected chi connectivity index (χ3v) is 3.57. The number of pyridine rings is 1. The average Bonchev–Trinajstić information content (AvgIpc) is 2.48. The number of likely N-dealkylation sites (N-methyl/N-ethyl adjacent to an activating group) is 1. The van der Waals surface area contributed by atoms with E-state index in [1.54, 1.807) is 0 Å². The summed E-state index contributed by atoms with van der Waals surface area (Å²) in [5.41, 5.74) is 0.880. The lowest BCUT2D eigenvalue weighted by molar-refractivity contribution is -0.146. The number of anilines is 1. The number of carbonyl (C=O) groups is 2. The molecule has 1 fully saturated rings. The SMILES string of the molecule is CN1C(=O)CCC(Nc2ccc3ccccc3n2)C1=O. The molecule has 0 aliphatic carbocycles. The monoisotopic (exact) mass is 269 g/mol. The van der Waals surface area contributed by atoms with E-state index in [4.69, 9.17) is 0 Å². The van der Waals surface area contributed by atoms with Gasteiger partial charge in [0.1, 0.15) is 11.9 Å². The number of piperidine rings is 1. The number of likely N-dealkylation sites (tertiary alicyclic amines) is 1. The van der Waals surface area contributed by atoms with Crippen molar-refractivity contribution in [2.24, 2.45) is 0 Å². The lowest BCUT2D eigenvalue weighted by Crippen LogP contribution is -2.48. The lowest BCUT2D eigenvalue weighted by atomic mass is 10.0. The summed E-state index contributed by atoms with van der Waals surface area (Å²) in [5.74, 6) is 0.334. The standard InChI is InChI=1S/C15H15N3O2/c1-18-14(19)9-7-12(15(18)20)17-13-8-6-10-4-2-3-5-11(10)16-13/h2-6,8,12H,7,9H2,1H3,(H,16,17). The largest absolute Gasteiger partial charge is 0.358 e. The number of para-hydroxylation sites is 1. The Balaban J connectivity index is 1.82. The van der Waals surface area contributed by atoms with E-state index in [1.165, 1.54) is 11.9 Å². The first-order valence-electron chi connectivity index (χ1n) is 6.58. The van der Waals surface area contributed by atoms with Gasteiger partial charge in [-0.25, -0.2) is 4.98 Å². The third kappa shape index (κ3) is 2.22. The molecule has 1 aliphatic heterocycles. The van der Waals surface area contributed by atoms with E-state index in [-0.39, 0.29) is 17.9 Å². The van der Waals surface area contributed by atoms with Crippen LogP contribution in [0, 0.1) is 0 Å². The molecule has 0 radical (unpaired) electrons. The van der Waals surface area contributed by atoms with Gasteiger partial charge in [0, 0.05) is 18.9 Å². The zero-order valence-electron chi connectivity index (χ0n) is 11.2. The number of benzene rings is 1. The molecule has 0 bridgehead atoms. The highest BCUT2D eigenvalue weighted by Crippen LogP contribution is 2.19. The highest BCUT2D eigenvalue weighted by molar-refractivity contribution is 6.01. The topological polar surface area (TPSA) is 62.3 Å². The maximum atomic E-state index is 12.0. The van der Waals surface area contributed by atoms with Crippen LogP contribution in [-0.4, -0.2) is 34.8 Å². The number of amides is 2. The Bertz CT molecular complexity index is 684. The first-order valence-corrected chi connectivity index (χ1v) is 6.58. The highest BCUT2D eigenvalue weighted by atomic mass is 16.2. The van der Waals surface area contributed by atoms with Gasteiger partial charge < -0.3 is 5.32 Å². The van der Waals surface area contributed by atoms with Crippen molar-refractivity contribution in [2.45, 2.75) is 18.9 Å². The van der Waals surface area contributed by atoms with Crippen molar-refractivity contribution in [3.05, 3.63) is 36.4 Å². The number of imide groups is 1. The van der Waals surface area contributed by atoms with Gasteiger partial charge in [-0.2, -0.15) is 0 Å². The molecule has 20 heavy (non-hydrogen) atoms. The molecule has 1 saturated heterocycles. The summed E-state index contributed by atoms with van der Waals surface area (Å²) >= 11 is 0. The van der Waals surface area contributed by atoms with Gasteiger partial charge >= 0.3 is 0 Å². The first kappa shape index (κ1) is 12.6. The summed E-state index contributed by atoms with van der Waals surface area (Å²) in [5, 5.41) is 4.18. The second-order valence-corrected chi connectivity index (χ2v) is 4.92. The van der Waals surface area contributed by atoms with Crippen LogP contribution in [0.2, 0.25) is 0 Å². The normalized spacial score (nSPS) is 19.4. The molecule has 1 atom stereocenters. The Kier molecular flexibility index (Phi) is 3.10. The minimum Gasteiger partial charge on any atom is -0.358 e. The number of aromatic nitrogens is 1. The molecule has 1 aliphatic rings. The molecular formula is C15H15N3O2. The summed E-state index contributed by atoms with van der Waals surface area (Å²) in [6, 6.07) is 11.2. The van der Waals surface area contributed by atoms with Gasteiger partial charge in [0.05, 0.1) is 5.52 Å². The summed E-state index contributed by atoms with van der Waals surface area (Å²) in [4.78, 5) is 29.1.